The van der Waals surface area contributed by atoms with E-state index in [1.807, 2.05) is 6.07 Å². The molecule has 1 aromatic rings. The van der Waals surface area contributed by atoms with Crippen LogP contribution in [0.3, 0.4) is 0 Å². The Hall–Kier alpha value is -0.920. The molecule has 0 spiro atoms. The van der Waals surface area contributed by atoms with Gasteiger partial charge in [0.05, 0.1) is 12.1 Å². The molecule has 0 aliphatic rings. The van der Waals surface area contributed by atoms with Crippen molar-refractivity contribution in [3.8, 4) is 6.07 Å². The molecule has 0 saturated heterocycles. The molecule has 0 radical (unpaired) electrons. The predicted octanol–water partition coefficient (Wildman–Crippen LogP) is 2.37. The lowest BCUT2D eigenvalue weighted by Crippen LogP contribution is -2.17. The minimum absolute atomic E-state index is 0.270. The summed E-state index contributed by atoms with van der Waals surface area (Å²) < 4.78 is 13.7. The van der Waals surface area contributed by atoms with Gasteiger partial charge in [-0.3, -0.25) is 0 Å². The van der Waals surface area contributed by atoms with Crippen LogP contribution in [-0.2, 0) is 6.42 Å². The molecule has 1 atom stereocenters. The van der Waals surface area contributed by atoms with E-state index in [0.717, 1.165) is 10.0 Å². The van der Waals surface area contributed by atoms with Gasteiger partial charge >= 0.3 is 0 Å². The third-order valence-electron chi connectivity index (χ3n) is 1.90. The average Bonchev–Trinajstić information content (AvgIpc) is 2.19. The normalized spacial score (nSPS) is 12.1. The second kappa shape index (κ2) is 5.08. The smallest absolute Gasteiger partial charge is 0.123 e. The van der Waals surface area contributed by atoms with E-state index in [4.69, 9.17) is 11.0 Å². The van der Waals surface area contributed by atoms with Gasteiger partial charge in [0.15, 0.2) is 0 Å². The quantitative estimate of drug-likeness (QED) is 0.903. The standard InChI is InChI=1S/C10H10BrFN2/c11-10-4-2-8(12)5-7(10)1-3-9(14)6-13/h2,4-5,9H,1,3,14H2. The third-order valence-corrected chi connectivity index (χ3v) is 2.67. The van der Waals surface area contributed by atoms with Crippen LogP contribution in [0.25, 0.3) is 0 Å². The minimum atomic E-state index is -0.481. The zero-order valence-corrected chi connectivity index (χ0v) is 9.09. The van der Waals surface area contributed by atoms with Crippen LogP contribution in [0, 0.1) is 17.1 Å². The van der Waals surface area contributed by atoms with E-state index in [0.29, 0.717) is 12.8 Å². The topological polar surface area (TPSA) is 49.8 Å². The molecule has 0 heterocycles. The van der Waals surface area contributed by atoms with Gasteiger partial charge in [-0.25, -0.2) is 4.39 Å². The highest BCUT2D eigenvalue weighted by molar-refractivity contribution is 9.10. The van der Waals surface area contributed by atoms with Crippen molar-refractivity contribution < 1.29 is 4.39 Å². The number of hydrogen-bond donors (Lipinski definition) is 1. The van der Waals surface area contributed by atoms with Crippen molar-refractivity contribution in [1.29, 1.82) is 5.26 Å². The lowest BCUT2D eigenvalue weighted by atomic mass is 10.1. The van der Waals surface area contributed by atoms with Crippen LogP contribution in [0.2, 0.25) is 0 Å². The second-order valence-corrected chi connectivity index (χ2v) is 3.86. The van der Waals surface area contributed by atoms with E-state index in [1.165, 1.54) is 12.1 Å². The number of benzene rings is 1. The number of nitrogens with two attached hydrogens (primary N) is 1. The van der Waals surface area contributed by atoms with Gasteiger partial charge in [0, 0.05) is 4.47 Å². The van der Waals surface area contributed by atoms with Crippen LogP contribution >= 0.6 is 15.9 Å². The number of halogens is 2. The summed E-state index contributed by atoms with van der Waals surface area (Å²) in [7, 11) is 0. The van der Waals surface area contributed by atoms with Crippen molar-refractivity contribution in [2.45, 2.75) is 18.9 Å². The van der Waals surface area contributed by atoms with Crippen molar-refractivity contribution in [3.05, 3.63) is 34.1 Å². The number of hydrogen-bond acceptors (Lipinski definition) is 2. The average molecular weight is 257 g/mol. The molecule has 1 aromatic carbocycles. The largest absolute Gasteiger partial charge is 0.316 e. The van der Waals surface area contributed by atoms with Gasteiger partial charge in [0.2, 0.25) is 0 Å². The number of nitriles is 1. The van der Waals surface area contributed by atoms with E-state index >= 15 is 0 Å². The van der Waals surface area contributed by atoms with Gasteiger partial charge in [-0.1, -0.05) is 15.9 Å². The van der Waals surface area contributed by atoms with Crippen LogP contribution in [0.1, 0.15) is 12.0 Å². The van der Waals surface area contributed by atoms with Crippen LogP contribution in [-0.4, -0.2) is 6.04 Å². The van der Waals surface area contributed by atoms with E-state index in [2.05, 4.69) is 15.9 Å². The molecule has 0 saturated carbocycles. The summed E-state index contributed by atoms with van der Waals surface area (Å²) in [6, 6.07) is 5.95. The van der Waals surface area contributed by atoms with Gasteiger partial charge in [-0.05, 0) is 36.6 Å². The molecule has 0 bridgehead atoms. The Morgan fingerprint density at radius 2 is 2.29 bits per heavy atom. The first-order valence-corrected chi connectivity index (χ1v) is 5.02. The maximum absolute atomic E-state index is 12.8. The van der Waals surface area contributed by atoms with Crippen molar-refractivity contribution in [1.82, 2.24) is 0 Å². The summed E-state index contributed by atoms with van der Waals surface area (Å²) in [5, 5.41) is 8.48. The molecular formula is C10H10BrFN2. The first-order chi connectivity index (χ1) is 6.63. The maximum Gasteiger partial charge on any atom is 0.123 e. The van der Waals surface area contributed by atoms with Gasteiger partial charge in [-0.2, -0.15) is 5.26 Å². The van der Waals surface area contributed by atoms with Gasteiger partial charge in [0.1, 0.15) is 5.82 Å². The summed E-state index contributed by atoms with van der Waals surface area (Å²) in [6.07, 6.45) is 1.14. The zero-order chi connectivity index (χ0) is 10.6. The number of rotatable bonds is 3. The maximum atomic E-state index is 12.8. The second-order valence-electron chi connectivity index (χ2n) is 3.01. The molecule has 14 heavy (non-hydrogen) atoms. The summed E-state index contributed by atoms with van der Waals surface area (Å²) in [4.78, 5) is 0. The Labute approximate surface area is 90.7 Å². The fourth-order valence-corrected chi connectivity index (χ4v) is 1.56. The highest BCUT2D eigenvalue weighted by Gasteiger charge is 2.05. The van der Waals surface area contributed by atoms with E-state index in [-0.39, 0.29) is 5.82 Å². The molecule has 74 valence electrons. The number of aryl methyl sites for hydroxylation is 1. The van der Waals surface area contributed by atoms with Gasteiger partial charge in [-0.15, -0.1) is 0 Å². The Bertz CT molecular complexity index is 360. The highest BCUT2D eigenvalue weighted by Crippen LogP contribution is 2.19. The van der Waals surface area contributed by atoms with E-state index in [9.17, 15) is 4.39 Å². The fraction of sp³-hybridized carbons (Fsp3) is 0.300. The fourth-order valence-electron chi connectivity index (χ4n) is 1.11. The van der Waals surface area contributed by atoms with Gasteiger partial charge < -0.3 is 5.73 Å². The zero-order valence-electron chi connectivity index (χ0n) is 7.50. The third kappa shape index (κ3) is 3.09. The highest BCUT2D eigenvalue weighted by atomic mass is 79.9. The summed E-state index contributed by atoms with van der Waals surface area (Å²) in [6.45, 7) is 0. The molecule has 2 nitrogen and oxygen atoms in total. The van der Waals surface area contributed by atoms with Crippen molar-refractivity contribution in [3.63, 3.8) is 0 Å². The summed E-state index contributed by atoms with van der Waals surface area (Å²) >= 11 is 3.31. The molecule has 2 N–H and O–H groups in total. The Kier molecular flexibility index (Phi) is 4.05. The molecule has 0 amide bonds. The molecular weight excluding hydrogens is 247 g/mol. The Balaban J connectivity index is 2.67. The monoisotopic (exact) mass is 256 g/mol. The van der Waals surface area contributed by atoms with Crippen LogP contribution in [0.15, 0.2) is 22.7 Å². The van der Waals surface area contributed by atoms with Crippen molar-refractivity contribution in [2.75, 3.05) is 0 Å². The Morgan fingerprint density at radius 1 is 1.57 bits per heavy atom. The Morgan fingerprint density at radius 3 is 2.93 bits per heavy atom. The van der Waals surface area contributed by atoms with Crippen LogP contribution < -0.4 is 5.73 Å². The molecule has 1 rings (SSSR count). The first-order valence-electron chi connectivity index (χ1n) is 4.22. The molecule has 1 unspecified atom stereocenters. The summed E-state index contributed by atoms with van der Waals surface area (Å²) in [5.74, 6) is -0.270. The lowest BCUT2D eigenvalue weighted by Gasteiger charge is -2.05. The lowest BCUT2D eigenvalue weighted by molar-refractivity contribution is 0.622. The predicted molar refractivity (Wildman–Crippen MR) is 56.0 cm³/mol. The molecule has 0 aromatic heterocycles. The van der Waals surface area contributed by atoms with E-state index in [1.54, 1.807) is 6.07 Å². The molecule has 0 aliphatic carbocycles. The van der Waals surface area contributed by atoms with E-state index < -0.39 is 6.04 Å². The molecule has 0 fully saturated rings. The minimum Gasteiger partial charge on any atom is -0.316 e. The number of nitrogens with zero attached hydrogens (tertiary/aromatic N) is 1. The SMILES string of the molecule is N#CC(N)CCc1cc(F)ccc1Br. The molecule has 0 aliphatic heterocycles. The summed E-state index contributed by atoms with van der Waals surface area (Å²) in [5.41, 5.74) is 6.28. The molecule has 4 heteroatoms. The van der Waals surface area contributed by atoms with Gasteiger partial charge in [0.25, 0.3) is 0 Å². The van der Waals surface area contributed by atoms with Crippen molar-refractivity contribution in [2.24, 2.45) is 5.73 Å². The van der Waals surface area contributed by atoms with Crippen molar-refractivity contribution >= 4 is 15.9 Å². The van der Waals surface area contributed by atoms with Crippen LogP contribution in [0.4, 0.5) is 4.39 Å². The first kappa shape index (κ1) is 11.2. The van der Waals surface area contributed by atoms with Crippen LogP contribution in [0.5, 0.6) is 0 Å².